The van der Waals surface area contributed by atoms with E-state index in [9.17, 15) is 0 Å². The van der Waals surface area contributed by atoms with E-state index < -0.39 is 0 Å². The summed E-state index contributed by atoms with van der Waals surface area (Å²) in [6.07, 6.45) is 9.51. The summed E-state index contributed by atoms with van der Waals surface area (Å²) < 4.78 is 2.05. The van der Waals surface area contributed by atoms with E-state index in [1.165, 1.54) is 33.3 Å². The molecule has 0 saturated heterocycles. The molecule has 0 fully saturated rings. The second kappa shape index (κ2) is 7.86. The van der Waals surface area contributed by atoms with Gasteiger partial charge in [0.15, 0.2) is 0 Å². The number of benzene rings is 2. The van der Waals surface area contributed by atoms with Crippen LogP contribution in [0.3, 0.4) is 0 Å². The Labute approximate surface area is 184 Å². The average Bonchev–Trinajstić information content (AvgIpc) is 3.47. The molecular formula is C27H30N4. The van der Waals surface area contributed by atoms with Crippen molar-refractivity contribution < 1.29 is 0 Å². The van der Waals surface area contributed by atoms with E-state index in [0.29, 0.717) is 0 Å². The normalized spacial score (nSPS) is 20.2. The molecule has 0 spiro atoms. The first-order valence-corrected chi connectivity index (χ1v) is 11.1. The lowest BCUT2D eigenvalue weighted by Gasteiger charge is -2.43. The smallest absolute Gasteiger partial charge is 0.0767 e. The molecule has 1 N–H and O–H groups in total. The van der Waals surface area contributed by atoms with Crippen molar-refractivity contribution >= 4 is 16.5 Å². The first-order chi connectivity index (χ1) is 15.1. The fourth-order valence-electron chi connectivity index (χ4n) is 5.23. The SMILES string of the molecule is CC(c1c(C2=CCC(c3ccccc3)(N(C)C)CC2)[nH]c2ccccc12)n1cccn1. The highest BCUT2D eigenvalue weighted by Crippen LogP contribution is 2.44. The fourth-order valence-corrected chi connectivity index (χ4v) is 5.23. The number of hydrogen-bond donors (Lipinski definition) is 1. The van der Waals surface area contributed by atoms with Crippen LogP contribution in [0.2, 0.25) is 0 Å². The van der Waals surface area contributed by atoms with Gasteiger partial charge in [-0.2, -0.15) is 5.10 Å². The molecule has 1 aliphatic carbocycles. The van der Waals surface area contributed by atoms with Crippen LogP contribution in [0.1, 0.15) is 49.0 Å². The zero-order chi connectivity index (χ0) is 21.4. The molecule has 1 aliphatic rings. The number of hydrogen-bond acceptors (Lipinski definition) is 2. The maximum atomic E-state index is 4.53. The Morgan fingerprint density at radius 2 is 1.81 bits per heavy atom. The first-order valence-electron chi connectivity index (χ1n) is 11.1. The monoisotopic (exact) mass is 410 g/mol. The summed E-state index contributed by atoms with van der Waals surface area (Å²) in [6, 6.07) is 21.7. The standard InChI is InChI=1S/C27H30N4/c1-20(31-19-9-18-28-31)25-23-12-7-8-13-24(23)29-26(25)21-14-16-27(17-15-21,30(2)3)22-10-5-4-6-11-22/h4-14,18-20,29H,15-17H2,1-3H3. The predicted molar refractivity (Wildman–Crippen MR) is 128 cm³/mol. The van der Waals surface area contributed by atoms with Crippen LogP contribution in [0.15, 0.2) is 79.1 Å². The molecule has 2 aromatic heterocycles. The van der Waals surface area contributed by atoms with Crippen LogP contribution >= 0.6 is 0 Å². The maximum Gasteiger partial charge on any atom is 0.0767 e. The first kappa shape index (κ1) is 19.8. The lowest BCUT2D eigenvalue weighted by Crippen LogP contribution is -2.42. The van der Waals surface area contributed by atoms with Gasteiger partial charge in [-0.15, -0.1) is 0 Å². The summed E-state index contributed by atoms with van der Waals surface area (Å²) in [5.41, 5.74) is 6.66. The Bertz CT molecular complexity index is 1200. The van der Waals surface area contributed by atoms with Crippen molar-refractivity contribution in [1.29, 1.82) is 0 Å². The zero-order valence-electron chi connectivity index (χ0n) is 18.5. The Morgan fingerprint density at radius 1 is 1.03 bits per heavy atom. The molecule has 5 rings (SSSR count). The lowest BCUT2D eigenvalue weighted by molar-refractivity contribution is 0.138. The molecule has 2 unspecified atom stereocenters. The van der Waals surface area contributed by atoms with Crippen LogP contribution < -0.4 is 0 Å². The van der Waals surface area contributed by atoms with Gasteiger partial charge >= 0.3 is 0 Å². The van der Waals surface area contributed by atoms with Crippen LogP contribution in [-0.2, 0) is 5.54 Å². The van der Waals surface area contributed by atoms with Crippen molar-refractivity contribution in [3.05, 3.63) is 96.0 Å². The minimum atomic E-state index is 0.0462. The predicted octanol–water partition coefficient (Wildman–Crippen LogP) is 6.00. The van der Waals surface area contributed by atoms with Crippen LogP contribution in [-0.4, -0.2) is 33.8 Å². The molecule has 4 aromatic rings. The summed E-state index contributed by atoms with van der Waals surface area (Å²) in [4.78, 5) is 6.15. The molecule has 2 aromatic carbocycles. The van der Waals surface area contributed by atoms with Crippen molar-refractivity contribution in [1.82, 2.24) is 19.7 Å². The van der Waals surface area contributed by atoms with Crippen LogP contribution in [0, 0.1) is 0 Å². The molecule has 0 amide bonds. The number of para-hydroxylation sites is 1. The van der Waals surface area contributed by atoms with Gasteiger partial charge in [-0.05, 0) is 63.6 Å². The summed E-state index contributed by atoms with van der Waals surface area (Å²) in [5.74, 6) is 0. The number of nitrogens with one attached hydrogen (secondary N) is 1. The molecule has 31 heavy (non-hydrogen) atoms. The van der Waals surface area contributed by atoms with Gasteiger partial charge in [-0.1, -0.05) is 54.6 Å². The maximum absolute atomic E-state index is 4.53. The molecule has 2 heterocycles. The van der Waals surface area contributed by atoms with Crippen molar-refractivity contribution in [3.8, 4) is 0 Å². The summed E-state index contributed by atoms with van der Waals surface area (Å²) in [6.45, 7) is 2.24. The second-order valence-electron chi connectivity index (χ2n) is 8.85. The fraction of sp³-hybridized carbons (Fsp3) is 0.296. The van der Waals surface area contributed by atoms with Gasteiger partial charge < -0.3 is 4.98 Å². The zero-order valence-corrected chi connectivity index (χ0v) is 18.5. The van der Waals surface area contributed by atoms with Gasteiger partial charge in [0.05, 0.1) is 6.04 Å². The lowest BCUT2D eigenvalue weighted by atomic mass is 9.75. The van der Waals surface area contributed by atoms with Crippen LogP contribution in [0.4, 0.5) is 0 Å². The number of fused-ring (bicyclic) bond motifs is 1. The quantitative estimate of drug-likeness (QED) is 0.438. The van der Waals surface area contributed by atoms with E-state index in [1.807, 2.05) is 12.3 Å². The second-order valence-corrected chi connectivity index (χ2v) is 8.85. The molecule has 4 nitrogen and oxygen atoms in total. The van der Waals surface area contributed by atoms with Crippen molar-refractivity contribution in [2.75, 3.05) is 14.1 Å². The summed E-state index contributed by atoms with van der Waals surface area (Å²) in [5, 5.41) is 5.81. The number of aromatic amines is 1. The Hall–Kier alpha value is -3.11. The third kappa shape index (κ3) is 3.31. The van der Waals surface area contributed by atoms with E-state index in [4.69, 9.17) is 0 Å². The Kier molecular flexibility index (Phi) is 5.03. The largest absolute Gasteiger partial charge is 0.355 e. The third-order valence-electron chi connectivity index (χ3n) is 7.07. The third-order valence-corrected chi connectivity index (χ3v) is 7.07. The van der Waals surface area contributed by atoms with Crippen molar-refractivity contribution in [2.45, 2.75) is 37.8 Å². The van der Waals surface area contributed by atoms with E-state index in [-0.39, 0.29) is 11.6 Å². The van der Waals surface area contributed by atoms with Gasteiger partial charge in [0, 0.05) is 40.1 Å². The van der Waals surface area contributed by atoms with Gasteiger partial charge in [-0.3, -0.25) is 9.58 Å². The van der Waals surface area contributed by atoms with E-state index in [2.05, 4.69) is 108 Å². The number of H-pyrrole nitrogens is 1. The minimum Gasteiger partial charge on any atom is -0.355 e. The molecule has 0 saturated carbocycles. The highest BCUT2D eigenvalue weighted by atomic mass is 15.3. The molecule has 0 radical (unpaired) electrons. The highest BCUT2D eigenvalue weighted by Gasteiger charge is 2.37. The summed E-state index contributed by atoms with van der Waals surface area (Å²) in [7, 11) is 4.42. The van der Waals surface area contributed by atoms with Gasteiger partial charge in [0.2, 0.25) is 0 Å². The van der Waals surface area contributed by atoms with Crippen LogP contribution in [0.25, 0.3) is 16.5 Å². The average molecular weight is 411 g/mol. The van der Waals surface area contributed by atoms with Gasteiger partial charge in [-0.25, -0.2) is 0 Å². The molecule has 4 heteroatoms. The van der Waals surface area contributed by atoms with Crippen molar-refractivity contribution in [2.24, 2.45) is 0 Å². The number of rotatable bonds is 5. The van der Waals surface area contributed by atoms with Crippen LogP contribution in [0.5, 0.6) is 0 Å². The Morgan fingerprint density at radius 3 is 2.48 bits per heavy atom. The minimum absolute atomic E-state index is 0.0462. The van der Waals surface area contributed by atoms with E-state index in [1.54, 1.807) is 0 Å². The number of allylic oxidation sites excluding steroid dienone is 1. The van der Waals surface area contributed by atoms with E-state index in [0.717, 1.165) is 19.3 Å². The van der Waals surface area contributed by atoms with E-state index >= 15 is 0 Å². The number of nitrogens with zero attached hydrogens (tertiary/aromatic N) is 3. The Balaban J connectivity index is 1.59. The number of aromatic nitrogens is 3. The molecular weight excluding hydrogens is 380 g/mol. The topological polar surface area (TPSA) is 36.9 Å². The summed E-state index contributed by atoms with van der Waals surface area (Å²) >= 11 is 0. The van der Waals surface area contributed by atoms with Gasteiger partial charge in [0.1, 0.15) is 0 Å². The molecule has 0 bridgehead atoms. The molecule has 158 valence electrons. The molecule has 0 aliphatic heterocycles. The molecule has 2 atom stereocenters. The highest BCUT2D eigenvalue weighted by molar-refractivity contribution is 5.90. The van der Waals surface area contributed by atoms with Gasteiger partial charge in [0.25, 0.3) is 0 Å². The van der Waals surface area contributed by atoms with Crippen molar-refractivity contribution in [3.63, 3.8) is 0 Å².